The predicted octanol–water partition coefficient (Wildman–Crippen LogP) is 1.63. The Bertz CT molecular complexity index is 614. The molecule has 0 fully saturated rings. The highest BCUT2D eigenvalue weighted by Gasteiger charge is 2.23. The monoisotopic (exact) mass is 279 g/mol. The van der Waals surface area contributed by atoms with Crippen molar-refractivity contribution >= 4 is 15.7 Å². The average molecular weight is 279 g/mol. The zero-order valence-corrected chi connectivity index (χ0v) is 11.1. The first kappa shape index (κ1) is 14.8. The van der Waals surface area contributed by atoms with E-state index in [1.54, 1.807) is 31.2 Å². The van der Waals surface area contributed by atoms with Crippen molar-refractivity contribution in [1.82, 2.24) is 0 Å². The van der Waals surface area contributed by atoms with Gasteiger partial charge in [-0.1, -0.05) is 13.0 Å². The third-order valence-corrected chi connectivity index (χ3v) is 3.99. The molecular weight excluding hydrogens is 266 g/mol. The van der Waals surface area contributed by atoms with Gasteiger partial charge in [-0.3, -0.25) is 4.72 Å². The molecule has 100 valence electrons. The Morgan fingerprint density at radius 1 is 1.42 bits per heavy atom. The molecule has 0 heterocycles. The van der Waals surface area contributed by atoms with E-state index in [4.69, 9.17) is 15.3 Å². The van der Waals surface area contributed by atoms with E-state index in [1.165, 1.54) is 6.07 Å². The van der Waals surface area contributed by atoms with Gasteiger partial charge in [0.05, 0.1) is 11.8 Å². The molecule has 0 saturated carbocycles. The Kier molecular flexibility index (Phi) is 5.16. The molecule has 0 bridgehead atoms. The Morgan fingerprint density at radius 2 is 2.16 bits per heavy atom. The van der Waals surface area contributed by atoms with Gasteiger partial charge in [0.1, 0.15) is 11.8 Å². The van der Waals surface area contributed by atoms with Crippen molar-refractivity contribution in [1.29, 1.82) is 10.5 Å². The van der Waals surface area contributed by atoms with E-state index >= 15 is 0 Å². The summed E-state index contributed by atoms with van der Waals surface area (Å²) in [5.41, 5.74) is 0.295. The molecule has 0 amide bonds. The fourth-order valence-corrected chi connectivity index (χ4v) is 2.56. The minimum absolute atomic E-state index is 0.119. The van der Waals surface area contributed by atoms with Crippen LogP contribution in [-0.2, 0) is 10.0 Å². The van der Waals surface area contributed by atoms with Crippen molar-refractivity contribution in [3.63, 3.8) is 0 Å². The van der Waals surface area contributed by atoms with Gasteiger partial charge in [0.25, 0.3) is 0 Å². The average Bonchev–Trinajstić information content (AvgIpc) is 2.37. The fourth-order valence-electron chi connectivity index (χ4n) is 1.38. The smallest absolute Gasteiger partial charge is 0.249 e. The fraction of sp³-hybridized carbons (Fsp3) is 0.333. The summed E-state index contributed by atoms with van der Waals surface area (Å²) in [4.78, 5) is 0. The van der Waals surface area contributed by atoms with Gasteiger partial charge in [0, 0.05) is 6.07 Å². The van der Waals surface area contributed by atoms with Gasteiger partial charge in [-0.05, 0) is 18.6 Å². The van der Waals surface area contributed by atoms with E-state index in [0.717, 1.165) is 0 Å². The van der Waals surface area contributed by atoms with Gasteiger partial charge >= 0.3 is 0 Å². The van der Waals surface area contributed by atoms with Gasteiger partial charge in [0.2, 0.25) is 10.0 Å². The standard InChI is InChI=1S/C12H13N3O3S/c1-2-12(9-14)19(16,17)15-10-4-3-5-11(8-10)18-7-6-13/h3-5,8,12,15H,2,7H2,1H3. The van der Waals surface area contributed by atoms with Crippen molar-refractivity contribution in [2.24, 2.45) is 0 Å². The molecular formula is C12H13N3O3S. The second kappa shape index (κ2) is 6.62. The Morgan fingerprint density at radius 3 is 2.74 bits per heavy atom. The first-order chi connectivity index (χ1) is 9.03. The van der Waals surface area contributed by atoms with Gasteiger partial charge in [-0.2, -0.15) is 10.5 Å². The molecule has 0 radical (unpaired) electrons. The van der Waals surface area contributed by atoms with Gasteiger partial charge in [-0.25, -0.2) is 8.42 Å². The lowest BCUT2D eigenvalue weighted by molar-refractivity contribution is 0.368. The topological polar surface area (TPSA) is 103 Å². The first-order valence-corrected chi connectivity index (χ1v) is 7.09. The van der Waals surface area contributed by atoms with Gasteiger partial charge in [-0.15, -0.1) is 0 Å². The van der Waals surface area contributed by atoms with E-state index < -0.39 is 15.3 Å². The van der Waals surface area contributed by atoms with Crippen LogP contribution in [0.25, 0.3) is 0 Å². The Balaban J connectivity index is 2.89. The number of benzene rings is 1. The lowest BCUT2D eigenvalue weighted by atomic mass is 10.3. The minimum Gasteiger partial charge on any atom is -0.479 e. The van der Waals surface area contributed by atoms with Crippen molar-refractivity contribution in [3.05, 3.63) is 24.3 Å². The van der Waals surface area contributed by atoms with Crippen LogP contribution in [0.4, 0.5) is 5.69 Å². The number of nitrogens with zero attached hydrogens (tertiary/aromatic N) is 2. The number of rotatable bonds is 6. The van der Waals surface area contributed by atoms with Crippen LogP contribution >= 0.6 is 0 Å². The van der Waals surface area contributed by atoms with Gasteiger partial charge in [0.15, 0.2) is 11.9 Å². The summed E-state index contributed by atoms with van der Waals surface area (Å²) in [6, 6.07) is 9.76. The molecule has 0 spiro atoms. The molecule has 7 heteroatoms. The van der Waals surface area contributed by atoms with Crippen LogP contribution in [-0.4, -0.2) is 20.3 Å². The number of ether oxygens (including phenoxy) is 1. The Hall–Kier alpha value is -2.25. The van der Waals surface area contributed by atoms with E-state index in [1.807, 2.05) is 6.07 Å². The molecule has 1 aromatic carbocycles. The number of nitrogens with one attached hydrogen (secondary N) is 1. The summed E-state index contributed by atoms with van der Waals surface area (Å²) in [5, 5.41) is 16.1. The summed E-state index contributed by atoms with van der Waals surface area (Å²) in [5.74, 6) is 0.381. The van der Waals surface area contributed by atoms with Crippen molar-refractivity contribution in [3.8, 4) is 17.9 Å². The normalized spacial score (nSPS) is 11.9. The quantitative estimate of drug-likeness (QED) is 0.852. The van der Waals surface area contributed by atoms with Crippen LogP contribution in [0.3, 0.4) is 0 Å². The number of anilines is 1. The molecule has 1 aromatic rings. The summed E-state index contributed by atoms with van der Waals surface area (Å²) in [7, 11) is -3.74. The second-order valence-electron chi connectivity index (χ2n) is 3.65. The van der Waals surface area contributed by atoms with Crippen molar-refractivity contribution < 1.29 is 13.2 Å². The molecule has 1 rings (SSSR count). The summed E-state index contributed by atoms with van der Waals surface area (Å²) >= 11 is 0. The largest absolute Gasteiger partial charge is 0.479 e. The van der Waals surface area contributed by atoms with Crippen LogP contribution in [0, 0.1) is 22.7 Å². The molecule has 0 saturated heterocycles. The van der Waals surface area contributed by atoms with E-state index in [0.29, 0.717) is 11.4 Å². The van der Waals surface area contributed by atoms with Gasteiger partial charge < -0.3 is 4.74 Å². The molecule has 1 N–H and O–H groups in total. The SMILES string of the molecule is CCC(C#N)S(=O)(=O)Nc1cccc(OCC#N)c1. The third-order valence-electron chi connectivity index (χ3n) is 2.29. The maximum absolute atomic E-state index is 11.9. The van der Waals surface area contributed by atoms with Crippen molar-refractivity contribution in [2.75, 3.05) is 11.3 Å². The highest BCUT2D eigenvalue weighted by atomic mass is 32.2. The molecule has 0 aliphatic carbocycles. The zero-order valence-electron chi connectivity index (χ0n) is 10.3. The van der Waals surface area contributed by atoms with E-state index in [9.17, 15) is 8.42 Å². The number of hydrogen-bond donors (Lipinski definition) is 1. The number of hydrogen-bond acceptors (Lipinski definition) is 5. The first-order valence-electron chi connectivity index (χ1n) is 5.54. The summed E-state index contributed by atoms with van der Waals surface area (Å²) in [6.07, 6.45) is 0.205. The lowest BCUT2D eigenvalue weighted by Crippen LogP contribution is -2.25. The Labute approximate surface area is 112 Å². The molecule has 19 heavy (non-hydrogen) atoms. The van der Waals surface area contributed by atoms with Crippen LogP contribution in [0.5, 0.6) is 5.75 Å². The molecule has 0 aliphatic heterocycles. The highest BCUT2D eigenvalue weighted by molar-refractivity contribution is 7.93. The molecule has 1 atom stereocenters. The zero-order chi connectivity index (χ0) is 14.3. The van der Waals surface area contributed by atoms with E-state index in [-0.39, 0.29) is 13.0 Å². The molecule has 0 aromatic heterocycles. The molecule has 1 unspecified atom stereocenters. The molecule has 0 aliphatic rings. The highest BCUT2D eigenvalue weighted by Crippen LogP contribution is 2.19. The second-order valence-corrected chi connectivity index (χ2v) is 5.51. The van der Waals surface area contributed by atoms with Crippen LogP contribution in [0.1, 0.15) is 13.3 Å². The number of sulfonamides is 1. The van der Waals surface area contributed by atoms with Crippen molar-refractivity contribution in [2.45, 2.75) is 18.6 Å². The maximum Gasteiger partial charge on any atom is 0.249 e. The maximum atomic E-state index is 11.9. The third kappa shape index (κ3) is 4.16. The lowest BCUT2D eigenvalue weighted by Gasteiger charge is -2.12. The van der Waals surface area contributed by atoms with Crippen LogP contribution in [0.15, 0.2) is 24.3 Å². The van der Waals surface area contributed by atoms with E-state index in [2.05, 4.69) is 4.72 Å². The molecule has 6 nitrogen and oxygen atoms in total. The minimum atomic E-state index is -3.74. The summed E-state index contributed by atoms with van der Waals surface area (Å²) < 4.78 is 31.1. The van der Waals surface area contributed by atoms with Crippen LogP contribution in [0.2, 0.25) is 0 Å². The van der Waals surface area contributed by atoms with Crippen LogP contribution < -0.4 is 9.46 Å². The number of nitriles is 2. The summed E-state index contributed by atoms with van der Waals surface area (Å²) in [6.45, 7) is 1.51. The predicted molar refractivity (Wildman–Crippen MR) is 69.8 cm³/mol.